The average molecular weight is 348 g/mol. The summed E-state index contributed by atoms with van der Waals surface area (Å²) in [5.41, 5.74) is 2.33. The van der Waals surface area contributed by atoms with Crippen molar-refractivity contribution in [2.75, 3.05) is 20.2 Å². The Kier molecular flexibility index (Phi) is 6.03. The third kappa shape index (κ3) is 3.78. The molecule has 0 atom stereocenters. The van der Waals surface area contributed by atoms with Gasteiger partial charge in [-0.1, -0.05) is 6.92 Å². The van der Waals surface area contributed by atoms with Gasteiger partial charge in [0.1, 0.15) is 5.69 Å². The zero-order valence-electron chi connectivity index (χ0n) is 15.8. The van der Waals surface area contributed by atoms with Crippen LogP contribution in [0, 0.1) is 19.8 Å². The molecule has 2 rings (SSSR count). The van der Waals surface area contributed by atoms with Crippen LogP contribution in [0.5, 0.6) is 0 Å². The highest BCUT2D eigenvalue weighted by Crippen LogP contribution is 2.31. The van der Waals surface area contributed by atoms with Gasteiger partial charge in [-0.2, -0.15) is 0 Å². The lowest BCUT2D eigenvalue weighted by molar-refractivity contribution is -0.132. The number of esters is 1. The number of ketones is 1. The van der Waals surface area contributed by atoms with E-state index in [1.165, 1.54) is 7.11 Å². The molecule has 138 valence electrons. The van der Waals surface area contributed by atoms with E-state index in [-0.39, 0.29) is 24.2 Å². The number of carbonyl (C=O) groups excluding carboxylic acids is 3. The summed E-state index contributed by atoms with van der Waals surface area (Å²) >= 11 is 0. The van der Waals surface area contributed by atoms with Crippen molar-refractivity contribution in [3.63, 3.8) is 0 Å². The molecule has 0 bridgehead atoms. The van der Waals surface area contributed by atoms with Crippen LogP contribution in [-0.4, -0.2) is 47.3 Å². The quantitative estimate of drug-likeness (QED) is 0.535. The van der Waals surface area contributed by atoms with Gasteiger partial charge in [0, 0.05) is 30.3 Å². The fourth-order valence-corrected chi connectivity index (χ4v) is 3.44. The van der Waals surface area contributed by atoms with Gasteiger partial charge in [0.15, 0.2) is 5.78 Å². The largest absolute Gasteiger partial charge is 0.464 e. The van der Waals surface area contributed by atoms with Gasteiger partial charge in [-0.05, 0) is 45.6 Å². The number of nitrogens with zero attached hydrogens (tertiary/aromatic N) is 2. The van der Waals surface area contributed by atoms with Gasteiger partial charge in [-0.15, -0.1) is 0 Å². The Hall–Kier alpha value is -2.11. The molecule has 1 fully saturated rings. The molecule has 0 saturated heterocycles. The molecule has 0 N–H and O–H groups in total. The maximum absolute atomic E-state index is 13.0. The lowest BCUT2D eigenvalue weighted by atomic mass is 10.0. The summed E-state index contributed by atoms with van der Waals surface area (Å²) in [7, 11) is 1.34. The van der Waals surface area contributed by atoms with Crippen LogP contribution in [0.25, 0.3) is 0 Å². The topological polar surface area (TPSA) is 68.6 Å². The highest BCUT2D eigenvalue weighted by molar-refractivity contribution is 6.04. The van der Waals surface area contributed by atoms with Gasteiger partial charge in [0.2, 0.25) is 5.91 Å². The number of Topliss-reactive ketones (excluding diaryl/α,β-unsaturated/α-hetero) is 1. The summed E-state index contributed by atoms with van der Waals surface area (Å²) < 4.78 is 6.68. The van der Waals surface area contributed by atoms with E-state index in [9.17, 15) is 14.4 Å². The molecule has 25 heavy (non-hydrogen) atoms. The monoisotopic (exact) mass is 348 g/mol. The third-order valence-corrected chi connectivity index (χ3v) is 4.81. The van der Waals surface area contributed by atoms with Crippen molar-refractivity contribution in [3.05, 3.63) is 22.5 Å². The van der Waals surface area contributed by atoms with E-state index in [1.54, 1.807) is 16.4 Å². The van der Waals surface area contributed by atoms with Crippen LogP contribution in [-0.2, 0) is 16.1 Å². The Labute approximate surface area is 149 Å². The number of hydrogen-bond donors (Lipinski definition) is 0. The van der Waals surface area contributed by atoms with Crippen molar-refractivity contribution in [1.29, 1.82) is 0 Å². The summed E-state index contributed by atoms with van der Waals surface area (Å²) in [6.07, 6.45) is 2.65. The zero-order valence-corrected chi connectivity index (χ0v) is 15.8. The first-order valence-corrected chi connectivity index (χ1v) is 8.97. The van der Waals surface area contributed by atoms with Crippen LogP contribution in [0.1, 0.15) is 65.2 Å². The Balaban J connectivity index is 2.33. The second-order valence-corrected chi connectivity index (χ2v) is 6.63. The van der Waals surface area contributed by atoms with E-state index < -0.39 is 5.97 Å². The van der Waals surface area contributed by atoms with Crippen molar-refractivity contribution < 1.29 is 19.1 Å². The van der Waals surface area contributed by atoms with Crippen molar-refractivity contribution in [2.45, 2.75) is 53.5 Å². The van der Waals surface area contributed by atoms with E-state index >= 15 is 0 Å². The smallest absolute Gasteiger partial charge is 0.354 e. The minimum atomic E-state index is -0.444. The predicted molar refractivity (Wildman–Crippen MR) is 94.8 cm³/mol. The van der Waals surface area contributed by atoms with Gasteiger partial charge in [-0.25, -0.2) is 4.79 Å². The van der Waals surface area contributed by atoms with Crippen LogP contribution in [0.4, 0.5) is 0 Å². The van der Waals surface area contributed by atoms with Crippen LogP contribution in [0.15, 0.2) is 0 Å². The van der Waals surface area contributed by atoms with E-state index in [4.69, 9.17) is 4.74 Å². The molecule has 1 aromatic heterocycles. The number of amides is 1. The molecule has 0 unspecified atom stereocenters. The average Bonchev–Trinajstić information content (AvgIpc) is 3.39. The molecular weight excluding hydrogens is 320 g/mol. The van der Waals surface area contributed by atoms with Gasteiger partial charge in [0.25, 0.3) is 0 Å². The minimum absolute atomic E-state index is 0.0686. The minimum Gasteiger partial charge on any atom is -0.464 e. The summed E-state index contributed by atoms with van der Waals surface area (Å²) in [6.45, 7) is 8.75. The van der Waals surface area contributed by atoms with Crippen molar-refractivity contribution in [2.24, 2.45) is 5.92 Å². The van der Waals surface area contributed by atoms with E-state index in [0.29, 0.717) is 29.9 Å². The predicted octanol–water partition coefficient (Wildman–Crippen LogP) is 2.74. The molecular formula is C19H28N2O4. The van der Waals surface area contributed by atoms with Gasteiger partial charge in [-0.3, -0.25) is 9.59 Å². The molecule has 0 aromatic carbocycles. The Morgan fingerprint density at radius 3 is 2.32 bits per heavy atom. The lowest BCUT2D eigenvalue weighted by Crippen LogP contribution is -2.37. The molecule has 1 aromatic rings. The summed E-state index contributed by atoms with van der Waals surface area (Å²) in [5, 5.41) is 0. The zero-order chi connectivity index (χ0) is 18.7. The van der Waals surface area contributed by atoms with Crippen molar-refractivity contribution in [3.8, 4) is 0 Å². The highest BCUT2D eigenvalue weighted by atomic mass is 16.5. The maximum Gasteiger partial charge on any atom is 0.354 e. The molecule has 1 heterocycles. The molecule has 1 saturated carbocycles. The number of hydrogen-bond acceptors (Lipinski definition) is 4. The highest BCUT2D eigenvalue weighted by Gasteiger charge is 2.35. The first-order chi connectivity index (χ1) is 11.9. The van der Waals surface area contributed by atoms with Gasteiger partial charge >= 0.3 is 5.97 Å². The number of ether oxygens (including phenoxy) is 1. The van der Waals surface area contributed by atoms with Gasteiger partial charge in [0.05, 0.1) is 13.7 Å². The lowest BCUT2D eigenvalue weighted by Gasteiger charge is -2.21. The first kappa shape index (κ1) is 19.2. The van der Waals surface area contributed by atoms with Gasteiger partial charge < -0.3 is 14.2 Å². The maximum atomic E-state index is 13.0. The second-order valence-electron chi connectivity index (χ2n) is 6.63. The van der Waals surface area contributed by atoms with Crippen LogP contribution in [0.3, 0.4) is 0 Å². The van der Waals surface area contributed by atoms with E-state index in [0.717, 1.165) is 25.0 Å². The standard InChI is InChI=1S/C19H28N2O4/c1-6-10-20(18(23)14-8-9-14)11-15(22)16-12(3)17(19(24)25-5)21(7-2)13(16)4/h14H,6-11H2,1-5H3. The summed E-state index contributed by atoms with van der Waals surface area (Å²) in [5.74, 6) is -0.392. The summed E-state index contributed by atoms with van der Waals surface area (Å²) in [4.78, 5) is 39.1. The molecule has 0 aliphatic heterocycles. The third-order valence-electron chi connectivity index (χ3n) is 4.81. The van der Waals surface area contributed by atoms with Crippen LogP contribution in [0.2, 0.25) is 0 Å². The Bertz CT molecular complexity index is 686. The van der Waals surface area contributed by atoms with E-state index in [2.05, 4.69) is 0 Å². The number of methoxy groups -OCH3 is 1. The van der Waals surface area contributed by atoms with Crippen LogP contribution >= 0.6 is 0 Å². The number of carbonyl (C=O) groups is 3. The second kappa shape index (κ2) is 7.85. The summed E-state index contributed by atoms with van der Waals surface area (Å²) in [6, 6.07) is 0. The molecule has 0 spiro atoms. The normalized spacial score (nSPS) is 13.6. The van der Waals surface area contributed by atoms with E-state index in [1.807, 2.05) is 20.8 Å². The molecule has 1 aliphatic carbocycles. The van der Waals surface area contributed by atoms with Crippen LogP contribution < -0.4 is 0 Å². The first-order valence-electron chi connectivity index (χ1n) is 8.97. The SMILES string of the molecule is CCCN(CC(=O)c1c(C)c(C(=O)OC)n(CC)c1C)C(=O)C1CC1. The Morgan fingerprint density at radius 1 is 1.20 bits per heavy atom. The molecule has 6 heteroatoms. The number of aromatic nitrogens is 1. The molecule has 1 amide bonds. The van der Waals surface area contributed by atoms with Crippen molar-refractivity contribution in [1.82, 2.24) is 9.47 Å². The molecule has 6 nitrogen and oxygen atoms in total. The number of rotatable bonds is 8. The fraction of sp³-hybridized carbons (Fsp3) is 0.632. The van der Waals surface area contributed by atoms with Crippen molar-refractivity contribution >= 4 is 17.7 Å². The fourth-order valence-electron chi connectivity index (χ4n) is 3.44. The molecule has 0 radical (unpaired) electrons. The Morgan fingerprint density at radius 2 is 1.84 bits per heavy atom. The molecule has 1 aliphatic rings.